The van der Waals surface area contributed by atoms with E-state index in [1.807, 2.05) is 0 Å². The highest BCUT2D eigenvalue weighted by Crippen LogP contribution is 2.18. The molecule has 3 rings (SSSR count). The zero-order chi connectivity index (χ0) is 19.3. The summed E-state index contributed by atoms with van der Waals surface area (Å²) < 4.78 is 31.7. The van der Waals surface area contributed by atoms with Crippen molar-refractivity contribution in [3.05, 3.63) is 39.4 Å². The summed E-state index contributed by atoms with van der Waals surface area (Å²) in [4.78, 5) is 24.7. The summed E-state index contributed by atoms with van der Waals surface area (Å²) in [5.74, 6) is -2.76. The third kappa shape index (κ3) is 5.73. The fourth-order valence-electron chi connectivity index (χ4n) is 2.60. The molecule has 2 aromatic heterocycles. The van der Waals surface area contributed by atoms with Crippen molar-refractivity contribution in [1.29, 1.82) is 0 Å². The number of rotatable bonds is 2. The van der Waals surface area contributed by atoms with E-state index < -0.39 is 12.1 Å². The van der Waals surface area contributed by atoms with Gasteiger partial charge in [-0.3, -0.25) is 4.90 Å². The number of halogens is 3. The van der Waals surface area contributed by atoms with Crippen molar-refractivity contribution < 1.29 is 23.1 Å². The number of hydrogen-bond donors (Lipinski definition) is 1. The van der Waals surface area contributed by atoms with E-state index in [1.54, 1.807) is 17.7 Å². The van der Waals surface area contributed by atoms with Crippen molar-refractivity contribution in [3.8, 4) is 0 Å². The first kappa shape index (κ1) is 20.2. The molecule has 2 aromatic rings. The van der Waals surface area contributed by atoms with E-state index in [2.05, 4.69) is 39.1 Å². The van der Waals surface area contributed by atoms with Gasteiger partial charge in [0.1, 0.15) is 6.33 Å². The van der Waals surface area contributed by atoms with Crippen molar-refractivity contribution in [2.45, 2.75) is 39.4 Å². The van der Waals surface area contributed by atoms with Gasteiger partial charge < -0.3 is 5.11 Å². The number of carboxylic acid groups (broad SMARTS) is 1. The topological polar surface area (TPSA) is 79.2 Å². The Morgan fingerprint density at radius 2 is 1.92 bits per heavy atom. The summed E-state index contributed by atoms with van der Waals surface area (Å²) in [6.45, 7) is 7.22. The van der Waals surface area contributed by atoms with Crippen LogP contribution in [0.15, 0.2) is 11.7 Å². The maximum Gasteiger partial charge on any atom is 0.490 e. The minimum atomic E-state index is -5.08. The molecule has 0 radical (unpaired) electrons. The lowest BCUT2D eigenvalue weighted by atomic mass is 10.1. The Balaban J connectivity index is 0.000000298. The zero-order valence-electron chi connectivity index (χ0n) is 14.4. The van der Waals surface area contributed by atoms with E-state index in [4.69, 9.17) is 9.90 Å². The van der Waals surface area contributed by atoms with Crippen LogP contribution in [0, 0.1) is 13.8 Å². The third-order valence-electron chi connectivity index (χ3n) is 3.89. The molecule has 0 amide bonds. The largest absolute Gasteiger partial charge is 0.490 e. The predicted octanol–water partition coefficient (Wildman–Crippen LogP) is 2.78. The van der Waals surface area contributed by atoms with Crippen LogP contribution in [0.4, 0.5) is 13.2 Å². The molecule has 6 nitrogen and oxygen atoms in total. The van der Waals surface area contributed by atoms with Crippen LogP contribution in [-0.2, 0) is 24.2 Å². The molecule has 0 aromatic carbocycles. The molecule has 142 valence electrons. The van der Waals surface area contributed by atoms with Gasteiger partial charge >= 0.3 is 12.1 Å². The van der Waals surface area contributed by atoms with Crippen molar-refractivity contribution in [2.75, 3.05) is 13.1 Å². The van der Waals surface area contributed by atoms with Crippen LogP contribution in [0.1, 0.15) is 27.7 Å². The van der Waals surface area contributed by atoms with E-state index in [0.717, 1.165) is 43.2 Å². The standard InChI is InChI=1S/C14H18N4S.C2HF3O2/c1-10-13-3-5-18(6-4-14(13)16-9-15-10)7-12-8-19-11(2)17-12;3-2(4,5)1(6)7/h8-9H,3-7H2,1-2H3;(H,6,7). The molecule has 0 atom stereocenters. The van der Waals surface area contributed by atoms with E-state index >= 15 is 0 Å². The van der Waals surface area contributed by atoms with Crippen LogP contribution >= 0.6 is 11.3 Å². The molecular weight excluding hydrogens is 369 g/mol. The van der Waals surface area contributed by atoms with Crippen LogP contribution in [0.25, 0.3) is 0 Å². The van der Waals surface area contributed by atoms with Gasteiger partial charge in [-0.15, -0.1) is 11.3 Å². The molecule has 0 unspecified atom stereocenters. The molecule has 26 heavy (non-hydrogen) atoms. The van der Waals surface area contributed by atoms with E-state index in [-0.39, 0.29) is 0 Å². The fraction of sp³-hybridized carbons (Fsp3) is 0.500. The van der Waals surface area contributed by atoms with Gasteiger partial charge in [-0.05, 0) is 25.8 Å². The van der Waals surface area contributed by atoms with Crippen molar-refractivity contribution in [2.24, 2.45) is 0 Å². The number of thiazole rings is 1. The molecule has 0 bridgehead atoms. The summed E-state index contributed by atoms with van der Waals surface area (Å²) in [6, 6.07) is 0. The highest BCUT2D eigenvalue weighted by molar-refractivity contribution is 7.09. The van der Waals surface area contributed by atoms with Gasteiger partial charge in [0.05, 0.1) is 10.7 Å². The summed E-state index contributed by atoms with van der Waals surface area (Å²) >= 11 is 1.73. The first-order valence-corrected chi connectivity index (χ1v) is 8.77. The lowest BCUT2D eigenvalue weighted by Gasteiger charge is -2.18. The Morgan fingerprint density at radius 1 is 1.27 bits per heavy atom. The monoisotopic (exact) mass is 388 g/mol. The molecule has 0 saturated heterocycles. The maximum absolute atomic E-state index is 10.6. The predicted molar refractivity (Wildman–Crippen MR) is 90.0 cm³/mol. The van der Waals surface area contributed by atoms with Crippen LogP contribution in [0.5, 0.6) is 0 Å². The minimum Gasteiger partial charge on any atom is -0.475 e. The minimum absolute atomic E-state index is 0.949. The summed E-state index contributed by atoms with van der Waals surface area (Å²) in [5, 5.41) is 10.4. The van der Waals surface area contributed by atoms with Crippen LogP contribution in [-0.4, -0.2) is 50.2 Å². The normalized spacial score (nSPS) is 14.8. The Labute approximate surface area is 152 Å². The second-order valence-corrected chi connectivity index (χ2v) is 6.88. The molecular formula is C16H19F3N4O2S. The number of alkyl halides is 3. The molecule has 0 fully saturated rings. The zero-order valence-corrected chi connectivity index (χ0v) is 15.2. The van der Waals surface area contributed by atoms with Crippen LogP contribution < -0.4 is 0 Å². The fourth-order valence-corrected chi connectivity index (χ4v) is 3.21. The summed E-state index contributed by atoms with van der Waals surface area (Å²) in [6.07, 6.45) is -1.33. The third-order valence-corrected chi connectivity index (χ3v) is 4.71. The Hall–Kier alpha value is -2.07. The van der Waals surface area contributed by atoms with Crippen molar-refractivity contribution in [3.63, 3.8) is 0 Å². The molecule has 0 aliphatic carbocycles. The van der Waals surface area contributed by atoms with Gasteiger partial charge in [0, 0.05) is 42.8 Å². The number of nitrogens with zero attached hydrogens (tertiary/aromatic N) is 4. The number of carbonyl (C=O) groups is 1. The number of aliphatic carboxylic acids is 1. The molecule has 0 saturated carbocycles. The first-order valence-electron chi connectivity index (χ1n) is 7.89. The number of hydrogen-bond acceptors (Lipinski definition) is 6. The molecule has 3 heterocycles. The first-order chi connectivity index (χ1) is 12.2. The quantitative estimate of drug-likeness (QED) is 0.852. The number of fused-ring (bicyclic) bond motifs is 1. The van der Waals surface area contributed by atoms with E-state index in [0.29, 0.717) is 0 Å². The van der Waals surface area contributed by atoms with Crippen LogP contribution in [0.3, 0.4) is 0 Å². The van der Waals surface area contributed by atoms with Crippen LogP contribution in [0.2, 0.25) is 0 Å². The number of aryl methyl sites for hydroxylation is 2. The van der Waals surface area contributed by atoms with Gasteiger partial charge in [-0.2, -0.15) is 13.2 Å². The molecule has 1 aliphatic heterocycles. The van der Waals surface area contributed by atoms with E-state index in [1.165, 1.54) is 17.0 Å². The molecule has 1 N–H and O–H groups in total. The van der Waals surface area contributed by atoms with Gasteiger partial charge in [0.25, 0.3) is 0 Å². The lowest BCUT2D eigenvalue weighted by Crippen LogP contribution is -2.26. The number of carboxylic acids is 1. The highest BCUT2D eigenvalue weighted by atomic mass is 32.1. The summed E-state index contributed by atoms with van der Waals surface area (Å²) in [5.41, 5.74) is 4.90. The second-order valence-electron chi connectivity index (χ2n) is 5.82. The highest BCUT2D eigenvalue weighted by Gasteiger charge is 2.38. The van der Waals surface area contributed by atoms with Gasteiger partial charge in [-0.25, -0.2) is 19.7 Å². The van der Waals surface area contributed by atoms with E-state index in [9.17, 15) is 13.2 Å². The average Bonchev–Trinajstić information content (AvgIpc) is 2.84. The molecule has 1 aliphatic rings. The SMILES string of the molecule is Cc1nc(CN2CCc3ncnc(C)c3CC2)cs1.O=C(O)C(F)(F)F. The molecule has 10 heteroatoms. The Bertz CT molecular complexity index is 764. The Morgan fingerprint density at radius 3 is 2.50 bits per heavy atom. The smallest absolute Gasteiger partial charge is 0.475 e. The maximum atomic E-state index is 10.6. The average molecular weight is 388 g/mol. The van der Waals surface area contributed by atoms with Gasteiger partial charge in [-0.1, -0.05) is 0 Å². The Kier molecular flexibility index (Phi) is 6.65. The lowest BCUT2D eigenvalue weighted by molar-refractivity contribution is -0.192. The molecule has 0 spiro atoms. The van der Waals surface area contributed by atoms with Gasteiger partial charge in [0.2, 0.25) is 0 Å². The van der Waals surface area contributed by atoms with Crippen molar-refractivity contribution in [1.82, 2.24) is 19.9 Å². The van der Waals surface area contributed by atoms with Gasteiger partial charge in [0.15, 0.2) is 0 Å². The second kappa shape index (κ2) is 8.54. The summed E-state index contributed by atoms with van der Waals surface area (Å²) in [7, 11) is 0. The number of aromatic nitrogens is 3. The van der Waals surface area contributed by atoms with Crippen molar-refractivity contribution >= 4 is 17.3 Å².